The molecule has 0 bridgehead atoms. The summed E-state index contributed by atoms with van der Waals surface area (Å²) in [5, 5.41) is 0. The molecule has 1 aromatic heterocycles. The summed E-state index contributed by atoms with van der Waals surface area (Å²) in [6.07, 6.45) is 1.44. The van der Waals surface area contributed by atoms with Crippen molar-refractivity contribution in [3.63, 3.8) is 0 Å². The van der Waals surface area contributed by atoms with Gasteiger partial charge < -0.3 is 4.42 Å². The predicted octanol–water partition coefficient (Wildman–Crippen LogP) is 1.59. The van der Waals surface area contributed by atoms with Gasteiger partial charge in [-0.25, -0.2) is 4.98 Å². The minimum absolute atomic E-state index is 0.889. The molecule has 2 nitrogen and oxygen atoms in total. The van der Waals surface area contributed by atoms with Crippen molar-refractivity contribution in [2.24, 2.45) is 0 Å². The van der Waals surface area contributed by atoms with E-state index in [2.05, 4.69) is 27.6 Å². The minimum atomic E-state index is 0.889. The van der Waals surface area contributed by atoms with E-state index in [1.54, 1.807) is 0 Å². The lowest BCUT2D eigenvalue weighted by atomic mass is 10.6. The second kappa shape index (κ2) is 1.81. The zero-order chi connectivity index (χ0) is 5.28. The molecule has 0 unspecified atom stereocenters. The Morgan fingerprint density at radius 2 is 2.57 bits per heavy atom. The molecule has 1 heterocycles. The van der Waals surface area contributed by atoms with Crippen molar-refractivity contribution >= 4 is 22.6 Å². The Morgan fingerprint density at radius 1 is 1.86 bits per heavy atom. The Hall–Kier alpha value is -0.0600. The molecule has 0 atom stereocenters. The van der Waals surface area contributed by atoms with Crippen LogP contribution in [0.5, 0.6) is 0 Å². The molecule has 0 saturated carbocycles. The van der Waals surface area contributed by atoms with E-state index in [4.69, 9.17) is 4.42 Å². The lowest BCUT2D eigenvalue weighted by Crippen LogP contribution is -1.67. The Balaban J connectivity index is 3.12. The average molecular weight is 209 g/mol. The van der Waals surface area contributed by atoms with Crippen molar-refractivity contribution < 1.29 is 4.42 Å². The molecular weight excluding hydrogens is 205 g/mol. The molecule has 1 rings (SSSR count). The van der Waals surface area contributed by atoms with Gasteiger partial charge in [0.05, 0.1) is 0 Å². The number of rotatable bonds is 0. The summed E-state index contributed by atoms with van der Waals surface area (Å²) in [5.41, 5.74) is 0. The predicted molar refractivity (Wildman–Crippen MR) is 34.0 cm³/mol. The monoisotopic (exact) mass is 209 g/mol. The van der Waals surface area contributed by atoms with E-state index in [0.717, 1.165) is 9.46 Å². The maximum absolute atomic E-state index is 4.85. The van der Waals surface area contributed by atoms with Crippen LogP contribution in [0.2, 0.25) is 0 Å². The van der Waals surface area contributed by atoms with E-state index in [1.165, 1.54) is 6.39 Å². The smallest absolute Gasteiger partial charge is 0.181 e. The molecule has 0 aliphatic carbocycles. The first-order valence-electron chi connectivity index (χ1n) is 1.86. The van der Waals surface area contributed by atoms with Crippen molar-refractivity contribution in [2.45, 2.75) is 6.92 Å². The SMILES string of the molecule is Cc1ocnc1I. The van der Waals surface area contributed by atoms with Crippen LogP contribution in [0, 0.1) is 10.6 Å². The van der Waals surface area contributed by atoms with E-state index in [0.29, 0.717) is 0 Å². The minimum Gasteiger partial charge on any atom is -0.448 e. The largest absolute Gasteiger partial charge is 0.448 e. The van der Waals surface area contributed by atoms with Gasteiger partial charge in [0.1, 0.15) is 9.46 Å². The highest BCUT2D eigenvalue weighted by atomic mass is 127. The van der Waals surface area contributed by atoms with Crippen molar-refractivity contribution in [2.75, 3.05) is 0 Å². The summed E-state index contributed by atoms with van der Waals surface area (Å²) in [6.45, 7) is 1.88. The molecule has 0 aliphatic rings. The van der Waals surface area contributed by atoms with Gasteiger partial charge in [-0.3, -0.25) is 0 Å². The van der Waals surface area contributed by atoms with Gasteiger partial charge in [0, 0.05) is 0 Å². The molecule has 0 fully saturated rings. The molecule has 0 aromatic carbocycles. The first-order valence-corrected chi connectivity index (χ1v) is 2.94. The third-order valence-electron chi connectivity index (χ3n) is 0.686. The number of nitrogens with zero attached hydrogens (tertiary/aromatic N) is 1. The fourth-order valence-electron chi connectivity index (χ4n) is 0.291. The number of aryl methyl sites for hydroxylation is 1. The van der Waals surface area contributed by atoms with Gasteiger partial charge >= 0.3 is 0 Å². The second-order valence-corrected chi connectivity index (χ2v) is 2.22. The number of oxazole rings is 1. The third kappa shape index (κ3) is 0.933. The molecule has 0 spiro atoms. The van der Waals surface area contributed by atoms with Crippen LogP contribution in [0.1, 0.15) is 5.76 Å². The summed E-state index contributed by atoms with van der Waals surface area (Å²) in [6, 6.07) is 0. The molecule has 0 amide bonds. The highest BCUT2D eigenvalue weighted by Crippen LogP contribution is 2.05. The van der Waals surface area contributed by atoms with E-state index in [-0.39, 0.29) is 0 Å². The zero-order valence-electron chi connectivity index (χ0n) is 3.81. The molecule has 7 heavy (non-hydrogen) atoms. The fraction of sp³-hybridized carbons (Fsp3) is 0.250. The van der Waals surface area contributed by atoms with E-state index < -0.39 is 0 Å². The van der Waals surface area contributed by atoms with Crippen LogP contribution in [0.3, 0.4) is 0 Å². The highest BCUT2D eigenvalue weighted by Gasteiger charge is 1.93. The lowest BCUT2D eigenvalue weighted by Gasteiger charge is -1.74. The topological polar surface area (TPSA) is 26.0 Å². The maximum atomic E-state index is 4.85. The summed E-state index contributed by atoms with van der Waals surface area (Å²) < 4.78 is 5.79. The molecule has 3 heteroatoms. The summed E-state index contributed by atoms with van der Waals surface area (Å²) >= 11 is 2.11. The van der Waals surface area contributed by atoms with Crippen molar-refractivity contribution in [3.05, 3.63) is 15.9 Å². The van der Waals surface area contributed by atoms with Crippen LogP contribution in [0.4, 0.5) is 0 Å². The van der Waals surface area contributed by atoms with Gasteiger partial charge in [-0.1, -0.05) is 0 Å². The van der Waals surface area contributed by atoms with E-state index in [1.807, 2.05) is 6.92 Å². The number of halogens is 1. The standard InChI is InChI=1S/C4H4INO/c1-3-4(5)6-2-7-3/h2H,1H3. The number of aromatic nitrogens is 1. The highest BCUT2D eigenvalue weighted by molar-refractivity contribution is 14.1. The van der Waals surface area contributed by atoms with Crippen molar-refractivity contribution in [1.82, 2.24) is 4.98 Å². The van der Waals surface area contributed by atoms with Crippen LogP contribution < -0.4 is 0 Å². The Morgan fingerprint density at radius 3 is 2.71 bits per heavy atom. The Labute approximate surface area is 55.1 Å². The van der Waals surface area contributed by atoms with Gasteiger partial charge in [-0.15, -0.1) is 0 Å². The molecule has 38 valence electrons. The molecule has 0 aliphatic heterocycles. The van der Waals surface area contributed by atoms with E-state index >= 15 is 0 Å². The van der Waals surface area contributed by atoms with Gasteiger partial charge in [-0.2, -0.15) is 0 Å². The van der Waals surface area contributed by atoms with Crippen LogP contribution in [-0.4, -0.2) is 4.98 Å². The summed E-state index contributed by atoms with van der Waals surface area (Å²) in [7, 11) is 0. The molecule has 0 N–H and O–H groups in total. The second-order valence-electron chi connectivity index (χ2n) is 1.20. The van der Waals surface area contributed by atoms with E-state index in [9.17, 15) is 0 Å². The molecule has 1 aromatic rings. The fourth-order valence-corrected chi connectivity index (χ4v) is 0.532. The molecule has 0 radical (unpaired) electrons. The van der Waals surface area contributed by atoms with Gasteiger partial charge in [0.15, 0.2) is 6.39 Å². The quantitative estimate of drug-likeness (QED) is 0.606. The zero-order valence-corrected chi connectivity index (χ0v) is 5.97. The van der Waals surface area contributed by atoms with Gasteiger partial charge in [0.2, 0.25) is 0 Å². The first-order chi connectivity index (χ1) is 3.30. The Bertz CT molecular complexity index is 144. The number of hydrogen-bond donors (Lipinski definition) is 0. The lowest BCUT2D eigenvalue weighted by molar-refractivity contribution is 0.525. The molecule has 0 saturated heterocycles. The molecular formula is C4H4INO. The van der Waals surface area contributed by atoms with Crippen LogP contribution in [0.25, 0.3) is 0 Å². The third-order valence-corrected chi connectivity index (χ3v) is 1.72. The first kappa shape index (κ1) is 5.08. The van der Waals surface area contributed by atoms with Gasteiger partial charge in [-0.05, 0) is 29.5 Å². The number of hydrogen-bond acceptors (Lipinski definition) is 2. The Kier molecular flexibility index (Phi) is 1.32. The summed E-state index contributed by atoms with van der Waals surface area (Å²) in [5.74, 6) is 0.889. The summed E-state index contributed by atoms with van der Waals surface area (Å²) in [4.78, 5) is 3.84. The van der Waals surface area contributed by atoms with Crippen molar-refractivity contribution in [3.8, 4) is 0 Å². The van der Waals surface area contributed by atoms with Crippen LogP contribution in [0.15, 0.2) is 10.8 Å². The van der Waals surface area contributed by atoms with Crippen molar-refractivity contribution in [1.29, 1.82) is 0 Å². The van der Waals surface area contributed by atoms with Gasteiger partial charge in [0.25, 0.3) is 0 Å². The normalized spacial score (nSPS) is 9.43. The van der Waals surface area contributed by atoms with Crippen LogP contribution in [-0.2, 0) is 0 Å². The van der Waals surface area contributed by atoms with Crippen LogP contribution >= 0.6 is 22.6 Å². The maximum Gasteiger partial charge on any atom is 0.181 e. The average Bonchev–Trinajstić information content (AvgIpc) is 1.91.